The van der Waals surface area contributed by atoms with Gasteiger partial charge >= 0.3 is 12.1 Å². The maximum absolute atomic E-state index is 13.2. The average Bonchev–Trinajstić information content (AvgIpc) is 2.84. The fraction of sp³-hybridized carbons (Fsp3) is 0.263. The molecule has 0 spiro atoms. The van der Waals surface area contributed by atoms with E-state index in [1.165, 1.54) is 42.6 Å². The molecule has 2 heterocycles. The topological polar surface area (TPSA) is 82.6 Å². The number of nitrogens with zero attached hydrogens (tertiary/aromatic N) is 1. The molecule has 0 aliphatic carbocycles. The summed E-state index contributed by atoms with van der Waals surface area (Å²) in [4.78, 5) is 16.3. The van der Waals surface area contributed by atoms with E-state index in [2.05, 4.69) is 4.98 Å². The summed E-state index contributed by atoms with van der Waals surface area (Å²) in [6.45, 7) is 1.11. The third-order valence-electron chi connectivity index (χ3n) is 4.28. The Morgan fingerprint density at radius 1 is 1.17 bits per heavy atom. The number of carbonyl (C=O) groups is 1. The van der Waals surface area contributed by atoms with Gasteiger partial charge in [0, 0.05) is 18.5 Å². The van der Waals surface area contributed by atoms with Gasteiger partial charge in [0.2, 0.25) is 11.6 Å². The van der Waals surface area contributed by atoms with Crippen molar-refractivity contribution in [1.29, 1.82) is 0 Å². The van der Waals surface area contributed by atoms with Gasteiger partial charge in [-0.2, -0.15) is 13.2 Å². The molecule has 160 valence electrons. The lowest BCUT2D eigenvalue weighted by molar-refractivity contribution is -0.176. The molecule has 0 N–H and O–H groups in total. The molecule has 0 bridgehead atoms. The summed E-state index contributed by atoms with van der Waals surface area (Å²) >= 11 is 5.76. The van der Waals surface area contributed by atoms with E-state index in [4.69, 9.17) is 21.1 Å². The molecule has 1 aliphatic heterocycles. The SMILES string of the molecule is CC1(CC(F)(F)F)OC(=O)C(Oc2ccc(Cl)cn2)=C1c1ccc(S(C)(=O)=O)cc1. The van der Waals surface area contributed by atoms with Gasteiger partial charge in [0.1, 0.15) is 5.60 Å². The summed E-state index contributed by atoms with van der Waals surface area (Å²) in [7, 11) is -3.53. The molecule has 1 aromatic heterocycles. The highest BCUT2D eigenvalue weighted by molar-refractivity contribution is 7.90. The molecule has 30 heavy (non-hydrogen) atoms. The number of benzene rings is 1. The van der Waals surface area contributed by atoms with Crippen LogP contribution in [0.4, 0.5) is 13.2 Å². The van der Waals surface area contributed by atoms with E-state index in [0.717, 1.165) is 13.2 Å². The second-order valence-electron chi connectivity index (χ2n) is 6.83. The first-order valence-electron chi connectivity index (χ1n) is 8.43. The molecule has 11 heteroatoms. The standard InChI is InChI=1S/C19H15ClF3NO5S/c1-18(10-19(21,22)23)15(11-3-6-13(7-4-11)30(2,26)27)16(17(25)29-18)28-14-8-5-12(20)9-24-14/h3-9H,10H2,1-2H3. The predicted molar refractivity (Wildman–Crippen MR) is 102 cm³/mol. The van der Waals surface area contributed by atoms with Crippen LogP contribution in [0, 0.1) is 0 Å². The number of sulfone groups is 1. The number of cyclic esters (lactones) is 1. The van der Waals surface area contributed by atoms with Crippen LogP contribution < -0.4 is 4.74 Å². The highest BCUT2D eigenvalue weighted by atomic mass is 35.5. The molecule has 3 rings (SSSR count). The van der Waals surface area contributed by atoms with E-state index in [9.17, 15) is 26.4 Å². The van der Waals surface area contributed by atoms with Crippen molar-refractivity contribution in [2.24, 2.45) is 0 Å². The molecule has 6 nitrogen and oxygen atoms in total. The molecule has 1 aromatic carbocycles. The summed E-state index contributed by atoms with van der Waals surface area (Å²) in [5, 5.41) is 0.295. The zero-order valence-corrected chi connectivity index (χ0v) is 17.2. The lowest BCUT2D eigenvalue weighted by Crippen LogP contribution is -2.33. The number of carbonyl (C=O) groups excluding carboxylic acids is 1. The minimum absolute atomic E-state index is 0.0311. The van der Waals surface area contributed by atoms with Crippen molar-refractivity contribution >= 4 is 33.0 Å². The van der Waals surface area contributed by atoms with E-state index in [1.54, 1.807) is 0 Å². The van der Waals surface area contributed by atoms with Crippen LogP contribution in [0.5, 0.6) is 5.88 Å². The lowest BCUT2D eigenvalue weighted by atomic mass is 9.87. The smallest absolute Gasteiger partial charge is 0.393 e. The Bertz CT molecular complexity index is 1110. The van der Waals surface area contributed by atoms with Crippen LogP contribution in [0.1, 0.15) is 18.9 Å². The van der Waals surface area contributed by atoms with Gasteiger partial charge in [-0.1, -0.05) is 23.7 Å². The zero-order chi connectivity index (χ0) is 22.3. The molecular weight excluding hydrogens is 447 g/mol. The largest absolute Gasteiger partial charge is 0.448 e. The number of halogens is 4. The van der Waals surface area contributed by atoms with E-state index in [1.807, 2.05) is 0 Å². The summed E-state index contributed by atoms with van der Waals surface area (Å²) in [5.41, 5.74) is -2.10. The van der Waals surface area contributed by atoms with Gasteiger partial charge < -0.3 is 9.47 Å². The molecule has 0 amide bonds. The van der Waals surface area contributed by atoms with Gasteiger partial charge in [0.25, 0.3) is 0 Å². The van der Waals surface area contributed by atoms with Gasteiger partial charge in [-0.05, 0) is 30.7 Å². The first kappa shape index (κ1) is 22.1. The Morgan fingerprint density at radius 2 is 1.80 bits per heavy atom. The summed E-state index contributed by atoms with van der Waals surface area (Å²) in [5.74, 6) is -1.64. The molecular formula is C19H15ClF3NO5S. The maximum Gasteiger partial charge on any atom is 0.393 e. The van der Waals surface area contributed by atoms with E-state index in [0.29, 0.717) is 5.02 Å². The Kier molecular flexibility index (Phi) is 5.59. The number of rotatable bonds is 5. The fourth-order valence-electron chi connectivity index (χ4n) is 3.08. The van der Waals surface area contributed by atoms with Crippen molar-refractivity contribution < 1.29 is 35.9 Å². The van der Waals surface area contributed by atoms with Crippen LogP contribution in [-0.2, 0) is 19.4 Å². The summed E-state index contributed by atoms with van der Waals surface area (Å²) in [6.07, 6.45) is -3.87. The second kappa shape index (κ2) is 7.59. The van der Waals surface area contributed by atoms with Crippen LogP contribution in [0.3, 0.4) is 0 Å². The third kappa shape index (κ3) is 4.76. The average molecular weight is 462 g/mol. The lowest BCUT2D eigenvalue weighted by Gasteiger charge is -2.27. The van der Waals surface area contributed by atoms with E-state index >= 15 is 0 Å². The van der Waals surface area contributed by atoms with Crippen LogP contribution in [0.15, 0.2) is 53.2 Å². The zero-order valence-electron chi connectivity index (χ0n) is 15.7. The van der Waals surface area contributed by atoms with Crippen molar-refractivity contribution in [3.05, 3.63) is 58.9 Å². The van der Waals surface area contributed by atoms with Crippen molar-refractivity contribution in [2.45, 2.75) is 30.0 Å². The molecule has 0 saturated carbocycles. The number of hydrogen-bond acceptors (Lipinski definition) is 6. The van der Waals surface area contributed by atoms with Crippen molar-refractivity contribution in [2.75, 3.05) is 6.26 Å². The molecule has 0 radical (unpaired) electrons. The first-order chi connectivity index (χ1) is 13.8. The Morgan fingerprint density at radius 3 is 2.30 bits per heavy atom. The van der Waals surface area contributed by atoms with Crippen LogP contribution in [-0.4, -0.2) is 37.4 Å². The fourth-order valence-corrected chi connectivity index (χ4v) is 3.82. The molecule has 0 saturated heterocycles. The van der Waals surface area contributed by atoms with Crippen molar-refractivity contribution in [3.8, 4) is 5.88 Å². The van der Waals surface area contributed by atoms with Crippen LogP contribution in [0.2, 0.25) is 5.02 Å². The number of aromatic nitrogens is 1. The highest BCUT2D eigenvalue weighted by Crippen LogP contribution is 2.46. The quantitative estimate of drug-likeness (QED) is 0.621. The van der Waals surface area contributed by atoms with Gasteiger partial charge in [-0.25, -0.2) is 18.2 Å². The number of pyridine rings is 1. The van der Waals surface area contributed by atoms with E-state index < -0.39 is 39.8 Å². The van der Waals surface area contributed by atoms with Crippen LogP contribution in [0.25, 0.3) is 5.57 Å². The second-order valence-corrected chi connectivity index (χ2v) is 9.28. The van der Waals surface area contributed by atoms with Crippen LogP contribution >= 0.6 is 11.6 Å². The van der Waals surface area contributed by atoms with Crippen molar-refractivity contribution in [1.82, 2.24) is 4.98 Å². The molecule has 0 fully saturated rings. The minimum Gasteiger partial charge on any atom is -0.448 e. The number of ether oxygens (including phenoxy) is 2. The third-order valence-corrected chi connectivity index (χ3v) is 5.63. The number of esters is 1. The predicted octanol–water partition coefficient (Wildman–Crippen LogP) is 4.20. The van der Waals surface area contributed by atoms with Gasteiger partial charge in [-0.15, -0.1) is 0 Å². The summed E-state index contributed by atoms with van der Waals surface area (Å²) in [6, 6.07) is 7.81. The normalized spacial score (nSPS) is 19.7. The highest BCUT2D eigenvalue weighted by Gasteiger charge is 2.52. The molecule has 1 atom stereocenters. The Hall–Kier alpha value is -2.59. The number of hydrogen-bond donors (Lipinski definition) is 0. The van der Waals surface area contributed by atoms with Crippen molar-refractivity contribution in [3.63, 3.8) is 0 Å². The van der Waals surface area contributed by atoms with E-state index in [-0.39, 0.29) is 21.9 Å². The Labute approximate surface area is 175 Å². The maximum atomic E-state index is 13.2. The first-order valence-corrected chi connectivity index (χ1v) is 10.7. The van der Waals surface area contributed by atoms with Gasteiger partial charge in [0.05, 0.1) is 21.9 Å². The molecule has 2 aromatic rings. The van der Waals surface area contributed by atoms with Gasteiger partial charge in [-0.3, -0.25) is 0 Å². The number of alkyl halides is 3. The Balaban J connectivity index is 2.14. The monoisotopic (exact) mass is 461 g/mol. The minimum atomic E-state index is -4.65. The molecule has 1 aliphatic rings. The molecule has 1 unspecified atom stereocenters. The summed E-state index contributed by atoms with van der Waals surface area (Å²) < 4.78 is 73.6. The van der Waals surface area contributed by atoms with Gasteiger partial charge in [0.15, 0.2) is 9.84 Å².